The highest BCUT2D eigenvalue weighted by Crippen LogP contribution is 2.41. The van der Waals surface area contributed by atoms with E-state index in [9.17, 15) is 9.59 Å². The van der Waals surface area contributed by atoms with E-state index >= 15 is 0 Å². The van der Waals surface area contributed by atoms with E-state index in [1.807, 2.05) is 54.5 Å². The van der Waals surface area contributed by atoms with E-state index < -0.39 is 6.09 Å². The number of nitrogens with one attached hydrogen (secondary N) is 1. The molecule has 2 fully saturated rings. The maximum atomic E-state index is 12.8. The molecule has 7 heteroatoms. The minimum absolute atomic E-state index is 0.114. The predicted octanol–water partition coefficient (Wildman–Crippen LogP) is 4.00. The Morgan fingerprint density at radius 1 is 1.06 bits per heavy atom. The van der Waals surface area contributed by atoms with Gasteiger partial charge in [0.1, 0.15) is 6.61 Å². The lowest BCUT2D eigenvalue weighted by Crippen LogP contribution is -2.44. The number of pyridine rings is 1. The quantitative estimate of drug-likeness (QED) is 0.690. The van der Waals surface area contributed by atoms with Crippen LogP contribution in [0.4, 0.5) is 10.5 Å². The van der Waals surface area contributed by atoms with E-state index in [4.69, 9.17) is 4.74 Å². The highest BCUT2D eigenvalue weighted by Gasteiger charge is 2.41. The Morgan fingerprint density at radius 3 is 2.48 bits per heavy atom. The fourth-order valence-electron chi connectivity index (χ4n) is 4.89. The van der Waals surface area contributed by atoms with Gasteiger partial charge in [0.2, 0.25) is 5.91 Å². The average Bonchev–Trinajstić information content (AvgIpc) is 3.26. The molecule has 1 spiro atoms. The molecular formula is C26H34N4O3. The second kappa shape index (κ2) is 10.7. The van der Waals surface area contributed by atoms with E-state index in [0.717, 1.165) is 44.6 Å². The number of ether oxygens (including phenoxy) is 1. The minimum atomic E-state index is -0.446. The van der Waals surface area contributed by atoms with Crippen LogP contribution in [0.25, 0.3) is 0 Å². The van der Waals surface area contributed by atoms with Gasteiger partial charge in [0, 0.05) is 56.7 Å². The lowest BCUT2D eigenvalue weighted by Gasteiger charge is -2.39. The number of benzene rings is 1. The summed E-state index contributed by atoms with van der Waals surface area (Å²) in [7, 11) is 0. The molecule has 7 nitrogen and oxygen atoms in total. The van der Waals surface area contributed by atoms with Gasteiger partial charge in [-0.2, -0.15) is 0 Å². The Labute approximate surface area is 196 Å². The number of hydrogen-bond acceptors (Lipinski definition) is 5. The molecule has 0 aliphatic carbocycles. The summed E-state index contributed by atoms with van der Waals surface area (Å²) in [6, 6.07) is 13.6. The Kier molecular flexibility index (Phi) is 7.47. The number of rotatable bonds is 7. The second-order valence-electron chi connectivity index (χ2n) is 9.40. The Hall–Kier alpha value is -3.09. The predicted molar refractivity (Wildman–Crippen MR) is 128 cm³/mol. The van der Waals surface area contributed by atoms with Crippen molar-refractivity contribution in [3.63, 3.8) is 0 Å². The van der Waals surface area contributed by atoms with Crippen molar-refractivity contribution in [1.29, 1.82) is 0 Å². The molecular weight excluding hydrogens is 416 g/mol. The van der Waals surface area contributed by atoms with Crippen LogP contribution in [0.3, 0.4) is 0 Å². The molecule has 0 bridgehead atoms. The summed E-state index contributed by atoms with van der Waals surface area (Å²) < 4.78 is 5.26. The van der Waals surface area contributed by atoms with Gasteiger partial charge in [-0.3, -0.25) is 9.78 Å². The maximum absolute atomic E-state index is 12.8. The number of piperidine rings is 1. The summed E-state index contributed by atoms with van der Waals surface area (Å²) >= 11 is 0. The van der Waals surface area contributed by atoms with Gasteiger partial charge in [0.25, 0.3) is 0 Å². The van der Waals surface area contributed by atoms with Gasteiger partial charge in [0.15, 0.2) is 0 Å². The Morgan fingerprint density at radius 2 is 1.76 bits per heavy atom. The van der Waals surface area contributed by atoms with E-state index in [0.29, 0.717) is 18.3 Å². The van der Waals surface area contributed by atoms with E-state index in [1.54, 1.807) is 0 Å². The lowest BCUT2D eigenvalue weighted by atomic mass is 9.77. The minimum Gasteiger partial charge on any atom is -0.445 e. The Bertz CT molecular complexity index is 914. The van der Waals surface area contributed by atoms with Gasteiger partial charge in [-0.25, -0.2) is 4.79 Å². The molecule has 2 aliphatic heterocycles. The molecule has 4 rings (SSSR count). The summed E-state index contributed by atoms with van der Waals surface area (Å²) in [6.07, 6.45) is 7.59. The van der Waals surface area contributed by atoms with Crippen LogP contribution >= 0.6 is 0 Å². The fraction of sp³-hybridized carbons (Fsp3) is 0.500. The number of alkyl carbamates (subject to hydrolysis) is 1. The topological polar surface area (TPSA) is 74.8 Å². The van der Waals surface area contributed by atoms with Crippen molar-refractivity contribution < 1.29 is 14.3 Å². The summed E-state index contributed by atoms with van der Waals surface area (Å²) in [6.45, 7) is 5.93. The highest BCUT2D eigenvalue weighted by atomic mass is 16.5. The number of likely N-dealkylation sites (tertiary alicyclic amines) is 1. The molecule has 1 N–H and O–H groups in total. The van der Waals surface area contributed by atoms with Crippen LogP contribution in [0, 0.1) is 5.41 Å². The SMILES string of the molecule is C[C@H](CCC(=O)N1CCC2(CC1)CCN(c1ccncc1)C2)NC(=O)OCc1ccccc1. The van der Waals surface area contributed by atoms with Crippen molar-refractivity contribution >= 4 is 17.7 Å². The van der Waals surface area contributed by atoms with Crippen molar-refractivity contribution in [2.45, 2.75) is 51.7 Å². The number of nitrogens with zero attached hydrogens (tertiary/aromatic N) is 3. The number of amides is 2. The summed E-state index contributed by atoms with van der Waals surface area (Å²) in [5, 5.41) is 2.83. The number of aromatic nitrogens is 1. The van der Waals surface area contributed by atoms with Gasteiger partial charge in [-0.1, -0.05) is 30.3 Å². The molecule has 176 valence electrons. The molecule has 2 aromatic rings. The molecule has 1 atom stereocenters. The fourth-order valence-corrected chi connectivity index (χ4v) is 4.89. The van der Waals surface area contributed by atoms with Crippen molar-refractivity contribution in [2.24, 2.45) is 5.41 Å². The standard InChI is InChI=1S/C26H34N4O3/c1-21(28-25(32)33-19-22-5-3-2-4-6-22)7-8-24(31)29-16-11-26(12-17-29)13-18-30(20-26)23-9-14-27-15-10-23/h2-6,9-10,14-15,21H,7-8,11-13,16-20H2,1H3,(H,28,32)/t21-/m1/s1. The summed E-state index contributed by atoms with van der Waals surface area (Å²) in [4.78, 5) is 33.3. The van der Waals surface area contributed by atoms with E-state index in [2.05, 4.69) is 27.3 Å². The first-order valence-corrected chi connectivity index (χ1v) is 11.9. The van der Waals surface area contributed by atoms with Gasteiger partial charge in [-0.15, -0.1) is 0 Å². The third kappa shape index (κ3) is 6.24. The molecule has 1 aromatic heterocycles. The first kappa shape index (κ1) is 23.1. The van der Waals surface area contributed by atoms with E-state index in [1.165, 1.54) is 12.1 Å². The largest absolute Gasteiger partial charge is 0.445 e. The number of carbonyl (C=O) groups is 2. The van der Waals surface area contributed by atoms with Crippen LogP contribution in [0.15, 0.2) is 54.9 Å². The van der Waals surface area contributed by atoms with Gasteiger partial charge < -0.3 is 19.9 Å². The molecule has 1 aromatic carbocycles. The van der Waals surface area contributed by atoms with E-state index in [-0.39, 0.29) is 18.6 Å². The van der Waals surface area contributed by atoms with Crippen LogP contribution in [-0.4, -0.2) is 54.1 Å². The molecule has 2 saturated heterocycles. The Balaban J connectivity index is 1.15. The van der Waals surface area contributed by atoms with Crippen molar-refractivity contribution in [1.82, 2.24) is 15.2 Å². The smallest absolute Gasteiger partial charge is 0.407 e. The van der Waals surface area contributed by atoms with Crippen molar-refractivity contribution in [3.8, 4) is 0 Å². The van der Waals surface area contributed by atoms with Gasteiger partial charge >= 0.3 is 6.09 Å². The van der Waals surface area contributed by atoms with Crippen LogP contribution in [0.1, 0.15) is 44.6 Å². The monoisotopic (exact) mass is 450 g/mol. The molecule has 2 amide bonds. The zero-order valence-corrected chi connectivity index (χ0v) is 19.4. The average molecular weight is 451 g/mol. The third-order valence-electron chi connectivity index (χ3n) is 7.01. The van der Waals surface area contributed by atoms with Crippen LogP contribution < -0.4 is 10.2 Å². The molecule has 3 heterocycles. The molecule has 0 unspecified atom stereocenters. The zero-order chi connectivity index (χ0) is 23.1. The lowest BCUT2D eigenvalue weighted by molar-refractivity contribution is -0.133. The van der Waals surface area contributed by atoms with Crippen molar-refractivity contribution in [2.75, 3.05) is 31.1 Å². The van der Waals surface area contributed by atoms with Crippen LogP contribution in [0.5, 0.6) is 0 Å². The number of hydrogen-bond donors (Lipinski definition) is 1. The highest BCUT2D eigenvalue weighted by molar-refractivity contribution is 5.76. The van der Waals surface area contributed by atoms with Gasteiger partial charge in [-0.05, 0) is 55.7 Å². The number of carbonyl (C=O) groups excluding carboxylic acids is 2. The normalized spacial score (nSPS) is 18.2. The molecule has 2 aliphatic rings. The van der Waals surface area contributed by atoms with Gasteiger partial charge in [0.05, 0.1) is 0 Å². The summed E-state index contributed by atoms with van der Waals surface area (Å²) in [5.74, 6) is 0.181. The first-order chi connectivity index (χ1) is 16.0. The number of anilines is 1. The van der Waals surface area contributed by atoms with Crippen LogP contribution in [-0.2, 0) is 16.1 Å². The zero-order valence-electron chi connectivity index (χ0n) is 19.4. The van der Waals surface area contributed by atoms with Crippen LogP contribution in [0.2, 0.25) is 0 Å². The third-order valence-corrected chi connectivity index (χ3v) is 7.01. The maximum Gasteiger partial charge on any atom is 0.407 e. The second-order valence-corrected chi connectivity index (χ2v) is 9.40. The summed E-state index contributed by atoms with van der Waals surface area (Å²) in [5.41, 5.74) is 2.51. The molecule has 0 saturated carbocycles. The molecule has 0 radical (unpaired) electrons. The van der Waals surface area contributed by atoms with Crippen molar-refractivity contribution in [3.05, 3.63) is 60.4 Å². The first-order valence-electron chi connectivity index (χ1n) is 11.9. The molecule has 33 heavy (non-hydrogen) atoms.